The molecule has 0 unspecified atom stereocenters. The molecule has 0 aromatic heterocycles. The Morgan fingerprint density at radius 3 is 0.500 bits per heavy atom. The minimum absolute atomic E-state index is 0. The molecule has 0 saturated carbocycles. The Balaban J connectivity index is -0.0000000135. The Morgan fingerprint density at radius 2 is 0.500 bits per heavy atom. The fourth-order valence-corrected chi connectivity index (χ4v) is 0. The summed E-state index contributed by atoms with van der Waals surface area (Å²) < 4.78 is 25.6. The van der Waals surface area contributed by atoms with Gasteiger partial charge in [-0.2, -0.15) is 0 Å². The van der Waals surface area contributed by atoms with Crippen LogP contribution < -0.4 is 117 Å². The molecule has 0 heterocycles. The molecule has 16 heavy (non-hydrogen) atoms. The average molecular weight is 308 g/mol. The number of rotatable bonds is 0. The second-order valence-electron chi connectivity index (χ2n) is 0.750. The smallest absolute Gasteiger partial charge is 0.672 e. The Hall–Kier alpha value is 1.92. The third kappa shape index (κ3) is 965. The van der Waals surface area contributed by atoms with Gasteiger partial charge in [0, 0.05) is 27.5 Å². The van der Waals surface area contributed by atoms with Gasteiger partial charge in [-0.1, -0.05) is 0 Å². The van der Waals surface area contributed by atoms with E-state index in [0.29, 0.717) is 0 Å². The molecule has 0 rings (SSSR count). The van der Waals surface area contributed by atoms with Crippen molar-refractivity contribution in [3.05, 3.63) is 0 Å². The van der Waals surface area contributed by atoms with Crippen LogP contribution in [0.3, 0.4) is 0 Å². The first-order valence-corrected chi connectivity index (χ1v) is 5.51. The maximum Gasteiger partial charge on any atom is 3.00 e. The molecule has 16 heteroatoms. The zero-order chi connectivity index (χ0) is 10.7. The van der Waals surface area contributed by atoms with Crippen molar-refractivity contribution in [1.82, 2.24) is 0 Å². The van der Waals surface area contributed by atoms with Crippen molar-refractivity contribution in [3.63, 3.8) is 0 Å². The molecule has 0 saturated heterocycles. The molecule has 0 amide bonds. The fourth-order valence-electron chi connectivity index (χ4n) is 0. The third-order valence-electron chi connectivity index (χ3n) is 0. The summed E-state index contributed by atoms with van der Waals surface area (Å²) in [4.78, 5) is 51.1. The third-order valence-corrected chi connectivity index (χ3v) is 0. The van der Waals surface area contributed by atoms with Gasteiger partial charge in [-0.25, -0.2) is 0 Å². The topological polar surface area (TPSA) is 190 Å². The van der Waals surface area contributed by atoms with E-state index < -0.39 is 27.5 Å². The molecule has 9 nitrogen and oxygen atoms in total. The maximum atomic E-state index is 8.52. The molecule has 0 atom stereocenters. The van der Waals surface area contributed by atoms with E-state index in [0.717, 1.165) is 0 Å². The van der Waals surface area contributed by atoms with Crippen LogP contribution in [0.2, 0.25) is 0 Å². The quantitative estimate of drug-likeness (QED) is 0.391. The summed E-state index contributed by atoms with van der Waals surface area (Å²) in [5, 5.41) is 0. The SMILES string of the molecule is O=[Si]([O-])[O-].O=[Si]([O-])[O-].O=[Si]([O-])[O-].[B+3].[Na+].[Na+].[Na+]. The van der Waals surface area contributed by atoms with Crippen molar-refractivity contribution in [2.75, 3.05) is 0 Å². The molecule has 0 fully saturated rings. The fraction of sp³-hybridized carbons (Fsp3) is 0. The van der Waals surface area contributed by atoms with Gasteiger partial charge in [-0.3, -0.25) is 0 Å². The second kappa shape index (κ2) is 36.0. The molecule has 0 radical (unpaired) electrons. The number of hydrogen-bond acceptors (Lipinski definition) is 9. The minimum Gasteiger partial charge on any atom is -0.672 e. The molecule has 0 N–H and O–H groups in total. The van der Waals surface area contributed by atoms with E-state index in [1.165, 1.54) is 0 Å². The van der Waals surface area contributed by atoms with Gasteiger partial charge in [0.15, 0.2) is 0 Å². The molecule has 0 aromatic rings. The molecule has 0 aliphatic rings. The van der Waals surface area contributed by atoms with Crippen LogP contribution in [0.25, 0.3) is 0 Å². The van der Waals surface area contributed by atoms with Crippen LogP contribution in [0.15, 0.2) is 0 Å². The van der Waals surface area contributed by atoms with E-state index in [2.05, 4.69) is 0 Å². The summed E-state index contributed by atoms with van der Waals surface area (Å²) in [5.41, 5.74) is 0. The van der Waals surface area contributed by atoms with Gasteiger partial charge < -0.3 is 42.2 Å². The standard InChI is InChI=1S/B.3Na.3O3Si/c;;;;3*1-4(2)3/q+3;3*+1;3*-2. The second-order valence-corrected chi connectivity index (χ2v) is 2.25. The van der Waals surface area contributed by atoms with Crippen molar-refractivity contribution in [2.24, 2.45) is 0 Å². The van der Waals surface area contributed by atoms with E-state index in [1.54, 1.807) is 0 Å². The summed E-state index contributed by atoms with van der Waals surface area (Å²) in [6.07, 6.45) is 0. The molecule has 72 valence electrons. The Kier molecular flexibility index (Phi) is 96.7. The molecular formula is BNa3O9Si3. The first-order valence-electron chi connectivity index (χ1n) is 1.84. The van der Waals surface area contributed by atoms with Crippen molar-refractivity contribution in [3.8, 4) is 0 Å². The monoisotopic (exact) mass is 308 g/mol. The van der Waals surface area contributed by atoms with Gasteiger partial charge in [-0.05, 0) is 0 Å². The molecule has 0 aliphatic carbocycles. The van der Waals surface area contributed by atoms with Crippen LogP contribution in [0.4, 0.5) is 0 Å². The zero-order valence-electron chi connectivity index (χ0n) is 8.75. The molecule has 0 bridgehead atoms. The summed E-state index contributed by atoms with van der Waals surface area (Å²) >= 11 is 0. The summed E-state index contributed by atoms with van der Waals surface area (Å²) in [6, 6.07) is 0. The van der Waals surface area contributed by atoms with Crippen LogP contribution in [-0.4, -0.2) is 35.9 Å². The van der Waals surface area contributed by atoms with Crippen LogP contribution in [-0.2, 0) is 13.4 Å². The predicted molar refractivity (Wildman–Crippen MR) is 25.1 cm³/mol. The molecule has 0 aliphatic heterocycles. The van der Waals surface area contributed by atoms with Gasteiger partial charge in [-0.15, -0.1) is 0 Å². The van der Waals surface area contributed by atoms with E-state index in [9.17, 15) is 0 Å². The van der Waals surface area contributed by atoms with Gasteiger partial charge in [0.2, 0.25) is 0 Å². The van der Waals surface area contributed by atoms with E-state index in [1.807, 2.05) is 0 Å². The summed E-state index contributed by atoms with van der Waals surface area (Å²) in [5.74, 6) is 0. The first kappa shape index (κ1) is 43.0. The van der Waals surface area contributed by atoms with Gasteiger partial charge in [0.1, 0.15) is 0 Å². The Labute approximate surface area is 164 Å². The summed E-state index contributed by atoms with van der Waals surface area (Å²) in [6.45, 7) is 0. The largest absolute Gasteiger partial charge is 3.00 e. The summed E-state index contributed by atoms with van der Waals surface area (Å²) in [7, 11) is -10.9. The van der Waals surface area contributed by atoms with Crippen molar-refractivity contribution in [2.45, 2.75) is 0 Å². The molecule has 0 spiro atoms. The minimum atomic E-state index is -3.63. The van der Waals surface area contributed by atoms with Gasteiger partial charge in [0.05, 0.1) is 0 Å². The van der Waals surface area contributed by atoms with E-state index in [4.69, 9.17) is 42.2 Å². The van der Waals surface area contributed by atoms with Crippen molar-refractivity contribution >= 4 is 35.9 Å². The van der Waals surface area contributed by atoms with Gasteiger partial charge in [0.25, 0.3) is 0 Å². The number of hydrogen-bond donors (Lipinski definition) is 0. The van der Waals surface area contributed by atoms with Crippen LogP contribution in [0.1, 0.15) is 0 Å². The van der Waals surface area contributed by atoms with Crippen LogP contribution >= 0.6 is 0 Å². The van der Waals surface area contributed by atoms with Crippen LogP contribution in [0.5, 0.6) is 0 Å². The first-order chi connectivity index (χ1) is 5.20. The van der Waals surface area contributed by atoms with Crippen LogP contribution in [0, 0.1) is 0 Å². The Morgan fingerprint density at radius 1 is 0.500 bits per heavy atom. The maximum absolute atomic E-state index is 8.52. The zero-order valence-corrected chi connectivity index (χ0v) is 17.8. The van der Waals surface area contributed by atoms with E-state index >= 15 is 0 Å². The van der Waals surface area contributed by atoms with Gasteiger partial charge >= 0.3 is 97.1 Å². The molecular weight excluding hydrogens is 308 g/mol. The van der Waals surface area contributed by atoms with Crippen molar-refractivity contribution in [1.29, 1.82) is 0 Å². The van der Waals surface area contributed by atoms with Crippen molar-refractivity contribution < 1.29 is 131 Å². The Bertz CT molecular complexity index is 124. The average Bonchev–Trinajstić information content (AvgIpc) is 1.54. The predicted octanol–water partition coefficient (Wildman–Crippen LogP) is -18.0. The van der Waals surface area contributed by atoms with E-state index in [-0.39, 0.29) is 97.1 Å². The molecule has 0 aromatic carbocycles. The normalized spacial score (nSPS) is 4.50.